The fraction of sp³-hybridized carbons (Fsp3) is 0.929. The third kappa shape index (κ3) is 3.01. The standard InChI is InChI=1S/C14H25NO2/c1-2-17-13(16)14(10-6-7-11-14)15-12-8-4-3-5-9-12/h12,15H,2-11H2,1H3. The average molecular weight is 239 g/mol. The molecule has 0 aromatic carbocycles. The van der Waals surface area contributed by atoms with E-state index in [0.29, 0.717) is 12.6 Å². The largest absolute Gasteiger partial charge is 0.465 e. The maximum atomic E-state index is 12.2. The monoisotopic (exact) mass is 239 g/mol. The maximum Gasteiger partial charge on any atom is 0.326 e. The molecule has 0 spiro atoms. The van der Waals surface area contributed by atoms with E-state index in [0.717, 1.165) is 25.7 Å². The average Bonchev–Trinajstić information content (AvgIpc) is 2.80. The topological polar surface area (TPSA) is 38.3 Å². The smallest absolute Gasteiger partial charge is 0.326 e. The van der Waals surface area contributed by atoms with E-state index in [1.165, 1.54) is 32.1 Å². The van der Waals surface area contributed by atoms with E-state index < -0.39 is 0 Å². The van der Waals surface area contributed by atoms with E-state index in [1.807, 2.05) is 6.92 Å². The number of ether oxygens (including phenoxy) is 1. The summed E-state index contributed by atoms with van der Waals surface area (Å²) in [4.78, 5) is 12.2. The van der Waals surface area contributed by atoms with Crippen LogP contribution >= 0.6 is 0 Å². The lowest BCUT2D eigenvalue weighted by Crippen LogP contribution is -2.55. The summed E-state index contributed by atoms with van der Waals surface area (Å²) in [6.45, 7) is 2.38. The minimum Gasteiger partial charge on any atom is -0.465 e. The van der Waals surface area contributed by atoms with Crippen molar-refractivity contribution in [2.75, 3.05) is 6.61 Å². The Morgan fingerprint density at radius 1 is 1.18 bits per heavy atom. The molecule has 0 aromatic rings. The van der Waals surface area contributed by atoms with Gasteiger partial charge in [0.05, 0.1) is 6.61 Å². The van der Waals surface area contributed by atoms with Crippen molar-refractivity contribution >= 4 is 5.97 Å². The van der Waals surface area contributed by atoms with Crippen LogP contribution in [-0.2, 0) is 9.53 Å². The Balaban J connectivity index is 1.97. The molecule has 0 bridgehead atoms. The minimum absolute atomic E-state index is 0.0110. The Morgan fingerprint density at radius 3 is 2.41 bits per heavy atom. The molecule has 3 nitrogen and oxygen atoms in total. The quantitative estimate of drug-likeness (QED) is 0.767. The van der Waals surface area contributed by atoms with Crippen molar-refractivity contribution in [1.29, 1.82) is 0 Å². The van der Waals surface area contributed by atoms with E-state index in [-0.39, 0.29) is 11.5 Å². The molecule has 0 radical (unpaired) electrons. The Bertz CT molecular complexity index is 253. The third-order valence-corrected chi connectivity index (χ3v) is 4.21. The van der Waals surface area contributed by atoms with Crippen molar-refractivity contribution in [3.05, 3.63) is 0 Å². The van der Waals surface area contributed by atoms with Gasteiger partial charge in [-0.25, -0.2) is 0 Å². The summed E-state index contributed by atoms with van der Waals surface area (Å²) in [7, 11) is 0. The number of esters is 1. The Labute approximate surface area is 104 Å². The molecular weight excluding hydrogens is 214 g/mol. The van der Waals surface area contributed by atoms with Crippen molar-refractivity contribution in [2.45, 2.75) is 76.3 Å². The van der Waals surface area contributed by atoms with E-state index in [2.05, 4.69) is 5.32 Å². The summed E-state index contributed by atoms with van der Waals surface area (Å²) in [5.41, 5.74) is -0.349. The molecule has 17 heavy (non-hydrogen) atoms. The molecule has 0 aromatic heterocycles. The highest BCUT2D eigenvalue weighted by Crippen LogP contribution is 2.33. The van der Waals surface area contributed by atoms with Crippen molar-refractivity contribution in [3.63, 3.8) is 0 Å². The molecule has 1 N–H and O–H groups in total. The highest BCUT2D eigenvalue weighted by atomic mass is 16.5. The van der Waals surface area contributed by atoms with Gasteiger partial charge < -0.3 is 4.74 Å². The van der Waals surface area contributed by atoms with Crippen LogP contribution in [-0.4, -0.2) is 24.2 Å². The van der Waals surface area contributed by atoms with Crippen molar-refractivity contribution < 1.29 is 9.53 Å². The van der Waals surface area contributed by atoms with Crippen LogP contribution in [0.2, 0.25) is 0 Å². The maximum absolute atomic E-state index is 12.2. The summed E-state index contributed by atoms with van der Waals surface area (Å²) < 4.78 is 5.27. The number of hydrogen-bond donors (Lipinski definition) is 1. The number of nitrogens with one attached hydrogen (secondary N) is 1. The van der Waals surface area contributed by atoms with Gasteiger partial charge in [0.25, 0.3) is 0 Å². The van der Waals surface area contributed by atoms with Crippen molar-refractivity contribution in [3.8, 4) is 0 Å². The van der Waals surface area contributed by atoms with Gasteiger partial charge in [-0.1, -0.05) is 32.1 Å². The van der Waals surface area contributed by atoms with E-state index in [1.54, 1.807) is 0 Å². The first-order valence-corrected chi connectivity index (χ1v) is 7.22. The van der Waals surface area contributed by atoms with Crippen LogP contribution in [0.3, 0.4) is 0 Å². The third-order valence-electron chi connectivity index (χ3n) is 4.21. The first-order chi connectivity index (χ1) is 8.27. The van der Waals surface area contributed by atoms with Crippen LogP contribution < -0.4 is 5.32 Å². The normalized spacial score (nSPS) is 24.8. The first-order valence-electron chi connectivity index (χ1n) is 7.22. The summed E-state index contributed by atoms with van der Waals surface area (Å²) in [5, 5.41) is 3.64. The van der Waals surface area contributed by atoms with Gasteiger partial charge in [-0.15, -0.1) is 0 Å². The molecule has 3 heteroatoms. The zero-order chi connectivity index (χ0) is 12.1. The van der Waals surface area contributed by atoms with Gasteiger partial charge in [0, 0.05) is 6.04 Å². The summed E-state index contributed by atoms with van der Waals surface area (Å²) >= 11 is 0. The second-order valence-corrected chi connectivity index (χ2v) is 5.49. The van der Waals surface area contributed by atoms with Crippen LogP contribution in [0, 0.1) is 0 Å². The molecule has 2 fully saturated rings. The summed E-state index contributed by atoms with van der Waals surface area (Å²) in [6.07, 6.45) is 10.6. The predicted octanol–water partition coefficient (Wildman–Crippen LogP) is 2.78. The lowest BCUT2D eigenvalue weighted by Gasteiger charge is -2.34. The predicted molar refractivity (Wildman–Crippen MR) is 67.8 cm³/mol. The molecule has 0 amide bonds. The molecule has 0 heterocycles. The summed E-state index contributed by atoms with van der Waals surface area (Å²) in [5.74, 6) is -0.0110. The second kappa shape index (κ2) is 5.85. The molecule has 0 aliphatic heterocycles. The molecule has 98 valence electrons. The van der Waals surface area contributed by atoms with Crippen LogP contribution in [0.5, 0.6) is 0 Å². The SMILES string of the molecule is CCOC(=O)C1(NC2CCCCC2)CCCC1. The summed E-state index contributed by atoms with van der Waals surface area (Å²) in [6, 6.07) is 0.534. The van der Waals surface area contributed by atoms with Gasteiger partial charge in [0.15, 0.2) is 0 Å². The van der Waals surface area contributed by atoms with E-state index >= 15 is 0 Å². The number of rotatable bonds is 4. The van der Waals surface area contributed by atoms with Gasteiger partial charge in [0.2, 0.25) is 0 Å². The van der Waals surface area contributed by atoms with Gasteiger partial charge in [-0.05, 0) is 32.6 Å². The molecule has 2 aliphatic carbocycles. The van der Waals surface area contributed by atoms with E-state index in [4.69, 9.17) is 4.74 Å². The Kier molecular flexibility index (Phi) is 4.43. The second-order valence-electron chi connectivity index (χ2n) is 5.49. The molecule has 2 aliphatic rings. The van der Waals surface area contributed by atoms with E-state index in [9.17, 15) is 4.79 Å². The fourth-order valence-electron chi connectivity index (χ4n) is 3.29. The van der Waals surface area contributed by atoms with Crippen LogP contribution in [0.1, 0.15) is 64.7 Å². The van der Waals surface area contributed by atoms with Crippen molar-refractivity contribution in [2.24, 2.45) is 0 Å². The molecule has 2 rings (SSSR count). The van der Waals surface area contributed by atoms with Crippen LogP contribution in [0.25, 0.3) is 0 Å². The molecule has 0 saturated heterocycles. The molecule has 0 atom stereocenters. The number of carbonyl (C=O) groups is 1. The zero-order valence-corrected chi connectivity index (χ0v) is 11.0. The van der Waals surface area contributed by atoms with Crippen molar-refractivity contribution in [1.82, 2.24) is 5.32 Å². The lowest BCUT2D eigenvalue weighted by molar-refractivity contribution is -0.151. The lowest BCUT2D eigenvalue weighted by atomic mass is 9.90. The Morgan fingerprint density at radius 2 is 1.82 bits per heavy atom. The number of hydrogen-bond acceptors (Lipinski definition) is 3. The molecule has 0 unspecified atom stereocenters. The minimum atomic E-state index is -0.349. The van der Waals surface area contributed by atoms with Gasteiger partial charge in [-0.2, -0.15) is 0 Å². The van der Waals surface area contributed by atoms with Gasteiger partial charge in [-0.3, -0.25) is 10.1 Å². The highest BCUT2D eigenvalue weighted by molar-refractivity contribution is 5.81. The molecule has 2 saturated carbocycles. The van der Waals surface area contributed by atoms with Crippen LogP contribution in [0.15, 0.2) is 0 Å². The zero-order valence-electron chi connectivity index (χ0n) is 11.0. The molecular formula is C14H25NO2. The van der Waals surface area contributed by atoms with Gasteiger partial charge >= 0.3 is 5.97 Å². The fourth-order valence-corrected chi connectivity index (χ4v) is 3.29. The Hall–Kier alpha value is -0.570. The van der Waals surface area contributed by atoms with Crippen LogP contribution in [0.4, 0.5) is 0 Å². The van der Waals surface area contributed by atoms with Gasteiger partial charge in [0.1, 0.15) is 5.54 Å². The first kappa shape index (κ1) is 12.9. The number of carbonyl (C=O) groups excluding carboxylic acids is 1. The highest BCUT2D eigenvalue weighted by Gasteiger charge is 2.43.